The lowest BCUT2D eigenvalue weighted by Gasteiger charge is -2.38. The van der Waals surface area contributed by atoms with E-state index in [1.165, 1.54) is 32.4 Å². The summed E-state index contributed by atoms with van der Waals surface area (Å²) in [7, 11) is 1.93. The SMILES string of the molecule is CN(CC(=O)N1CCCCC1CN1CCCC1)c1ccc(Cl)c(Cl)c1. The summed E-state index contributed by atoms with van der Waals surface area (Å²) in [6, 6.07) is 5.85. The summed E-state index contributed by atoms with van der Waals surface area (Å²) in [5, 5.41) is 1.05. The highest BCUT2D eigenvalue weighted by molar-refractivity contribution is 6.42. The van der Waals surface area contributed by atoms with Gasteiger partial charge in [0.2, 0.25) is 5.91 Å². The monoisotopic (exact) mass is 383 g/mol. The summed E-state index contributed by atoms with van der Waals surface area (Å²) in [5.74, 6) is 0.206. The number of amides is 1. The summed E-state index contributed by atoms with van der Waals surface area (Å²) in [6.07, 6.45) is 6.05. The van der Waals surface area contributed by atoms with Crippen LogP contribution >= 0.6 is 23.2 Å². The van der Waals surface area contributed by atoms with Gasteiger partial charge in [0.25, 0.3) is 0 Å². The van der Waals surface area contributed by atoms with Gasteiger partial charge in [0, 0.05) is 31.9 Å². The Morgan fingerprint density at radius 3 is 2.56 bits per heavy atom. The molecule has 2 aliphatic rings. The van der Waals surface area contributed by atoms with Crippen LogP contribution in [-0.4, -0.2) is 61.5 Å². The van der Waals surface area contributed by atoms with E-state index in [9.17, 15) is 4.79 Å². The standard InChI is InChI=1S/C19H27Cl2N3O/c1-22(15-7-8-17(20)18(21)12-15)14-19(25)24-11-3-2-6-16(24)13-23-9-4-5-10-23/h7-8,12,16H,2-6,9-11,13-14H2,1H3. The number of benzene rings is 1. The smallest absolute Gasteiger partial charge is 0.242 e. The van der Waals surface area contributed by atoms with Crippen LogP contribution in [0.1, 0.15) is 32.1 Å². The maximum Gasteiger partial charge on any atom is 0.242 e. The van der Waals surface area contributed by atoms with Crippen LogP contribution in [0, 0.1) is 0 Å². The molecule has 2 saturated heterocycles. The van der Waals surface area contributed by atoms with Crippen molar-refractivity contribution in [2.45, 2.75) is 38.1 Å². The number of likely N-dealkylation sites (tertiary alicyclic amines) is 2. The van der Waals surface area contributed by atoms with Gasteiger partial charge in [-0.25, -0.2) is 0 Å². The first-order valence-electron chi connectivity index (χ1n) is 9.22. The van der Waals surface area contributed by atoms with Gasteiger partial charge in [0.05, 0.1) is 16.6 Å². The highest BCUT2D eigenvalue weighted by Crippen LogP contribution is 2.27. The molecule has 2 aliphatic heterocycles. The van der Waals surface area contributed by atoms with Gasteiger partial charge in [0.1, 0.15) is 0 Å². The molecule has 3 rings (SSSR count). The van der Waals surface area contributed by atoms with Crippen LogP contribution in [-0.2, 0) is 4.79 Å². The second-order valence-electron chi connectivity index (χ2n) is 7.20. The third-order valence-electron chi connectivity index (χ3n) is 5.33. The number of rotatable bonds is 5. The summed E-state index contributed by atoms with van der Waals surface area (Å²) in [4.78, 5) is 19.5. The number of hydrogen-bond donors (Lipinski definition) is 0. The zero-order valence-electron chi connectivity index (χ0n) is 14.9. The molecule has 1 unspecified atom stereocenters. The summed E-state index contributed by atoms with van der Waals surface area (Å²) >= 11 is 12.1. The quantitative estimate of drug-likeness (QED) is 0.770. The molecule has 0 saturated carbocycles. The van der Waals surface area contributed by atoms with Crippen LogP contribution in [0.25, 0.3) is 0 Å². The van der Waals surface area contributed by atoms with E-state index < -0.39 is 0 Å². The molecule has 1 aromatic rings. The normalized spacial score (nSPS) is 21.6. The number of piperidine rings is 1. The minimum Gasteiger partial charge on any atom is -0.365 e. The van der Waals surface area contributed by atoms with Crippen LogP contribution in [0.5, 0.6) is 0 Å². The first kappa shape index (κ1) is 18.8. The second-order valence-corrected chi connectivity index (χ2v) is 8.01. The minimum absolute atomic E-state index is 0.206. The van der Waals surface area contributed by atoms with Crippen molar-refractivity contribution in [1.29, 1.82) is 0 Å². The molecular weight excluding hydrogens is 357 g/mol. The van der Waals surface area contributed by atoms with Gasteiger partial charge in [-0.2, -0.15) is 0 Å². The van der Waals surface area contributed by atoms with Crippen LogP contribution in [0.4, 0.5) is 5.69 Å². The van der Waals surface area contributed by atoms with Crippen molar-refractivity contribution in [3.63, 3.8) is 0 Å². The van der Waals surface area contributed by atoms with Gasteiger partial charge in [0.15, 0.2) is 0 Å². The van der Waals surface area contributed by atoms with Crippen LogP contribution < -0.4 is 4.90 Å². The summed E-state index contributed by atoms with van der Waals surface area (Å²) in [5.41, 5.74) is 0.913. The van der Waals surface area contributed by atoms with Crippen LogP contribution in [0.3, 0.4) is 0 Å². The van der Waals surface area contributed by atoms with Crippen molar-refractivity contribution in [2.24, 2.45) is 0 Å². The molecule has 0 aliphatic carbocycles. The van der Waals surface area contributed by atoms with E-state index in [0.29, 0.717) is 22.6 Å². The summed E-state index contributed by atoms with van der Waals surface area (Å²) in [6.45, 7) is 4.65. The fourth-order valence-corrected chi connectivity index (χ4v) is 4.18. The molecule has 0 spiro atoms. The average molecular weight is 384 g/mol. The van der Waals surface area contributed by atoms with Gasteiger partial charge in [-0.1, -0.05) is 23.2 Å². The highest BCUT2D eigenvalue weighted by atomic mass is 35.5. The fraction of sp³-hybridized carbons (Fsp3) is 0.632. The summed E-state index contributed by atoms with van der Waals surface area (Å²) < 4.78 is 0. The topological polar surface area (TPSA) is 26.8 Å². The number of anilines is 1. The lowest BCUT2D eigenvalue weighted by molar-refractivity contribution is -0.133. The van der Waals surface area contributed by atoms with E-state index in [1.807, 2.05) is 24.1 Å². The molecule has 4 nitrogen and oxygen atoms in total. The van der Waals surface area contributed by atoms with Gasteiger partial charge >= 0.3 is 0 Å². The fourth-order valence-electron chi connectivity index (χ4n) is 3.89. The maximum absolute atomic E-state index is 12.9. The first-order valence-corrected chi connectivity index (χ1v) is 9.98. The zero-order chi connectivity index (χ0) is 17.8. The molecule has 0 bridgehead atoms. The molecule has 0 aromatic heterocycles. The number of nitrogens with zero attached hydrogens (tertiary/aromatic N) is 3. The number of hydrogen-bond acceptors (Lipinski definition) is 3. The third kappa shape index (κ3) is 4.81. The Morgan fingerprint density at radius 1 is 1.12 bits per heavy atom. The van der Waals surface area contributed by atoms with E-state index in [2.05, 4.69) is 9.80 Å². The van der Waals surface area contributed by atoms with E-state index in [0.717, 1.165) is 31.6 Å². The van der Waals surface area contributed by atoms with Crippen molar-refractivity contribution < 1.29 is 4.79 Å². The molecule has 2 heterocycles. The molecule has 0 N–H and O–H groups in total. The van der Waals surface area contributed by atoms with Crippen LogP contribution in [0.15, 0.2) is 18.2 Å². The van der Waals surface area contributed by atoms with Gasteiger partial charge < -0.3 is 14.7 Å². The lowest BCUT2D eigenvalue weighted by atomic mass is 10.0. The number of halogens is 2. The Hall–Kier alpha value is -0.970. The molecule has 0 radical (unpaired) electrons. The van der Waals surface area contributed by atoms with Crippen molar-refractivity contribution in [2.75, 3.05) is 44.7 Å². The van der Waals surface area contributed by atoms with Gasteiger partial charge in [-0.05, 0) is 63.4 Å². The highest BCUT2D eigenvalue weighted by Gasteiger charge is 2.29. The number of likely N-dealkylation sites (N-methyl/N-ethyl adjacent to an activating group) is 1. The lowest BCUT2D eigenvalue weighted by Crippen LogP contribution is -2.51. The molecule has 25 heavy (non-hydrogen) atoms. The van der Waals surface area contributed by atoms with Crippen molar-refractivity contribution in [3.05, 3.63) is 28.2 Å². The number of carbonyl (C=O) groups is 1. The zero-order valence-corrected chi connectivity index (χ0v) is 16.4. The predicted molar refractivity (Wildman–Crippen MR) is 105 cm³/mol. The Morgan fingerprint density at radius 2 is 1.84 bits per heavy atom. The molecule has 138 valence electrons. The number of carbonyl (C=O) groups excluding carboxylic acids is 1. The minimum atomic E-state index is 0.206. The Labute approximate surface area is 160 Å². The largest absolute Gasteiger partial charge is 0.365 e. The van der Waals surface area contributed by atoms with Crippen LogP contribution in [0.2, 0.25) is 10.0 Å². The van der Waals surface area contributed by atoms with E-state index >= 15 is 0 Å². The third-order valence-corrected chi connectivity index (χ3v) is 6.07. The maximum atomic E-state index is 12.9. The molecule has 1 atom stereocenters. The second kappa shape index (κ2) is 8.61. The van der Waals surface area contributed by atoms with E-state index in [-0.39, 0.29) is 5.91 Å². The van der Waals surface area contributed by atoms with Crippen molar-refractivity contribution >= 4 is 34.8 Å². The van der Waals surface area contributed by atoms with Gasteiger partial charge in [-0.3, -0.25) is 4.79 Å². The Kier molecular flexibility index (Phi) is 6.48. The van der Waals surface area contributed by atoms with Gasteiger partial charge in [-0.15, -0.1) is 0 Å². The predicted octanol–water partition coefficient (Wildman–Crippen LogP) is 3.91. The Balaban J connectivity index is 1.61. The molecule has 1 aromatic carbocycles. The Bertz CT molecular complexity index is 604. The molecular formula is C19H27Cl2N3O. The molecule has 6 heteroatoms. The average Bonchev–Trinajstić information content (AvgIpc) is 3.10. The molecule has 1 amide bonds. The molecule has 2 fully saturated rings. The van der Waals surface area contributed by atoms with Crippen molar-refractivity contribution in [1.82, 2.24) is 9.80 Å². The first-order chi connectivity index (χ1) is 12.0. The van der Waals surface area contributed by atoms with Crippen molar-refractivity contribution in [3.8, 4) is 0 Å². The van der Waals surface area contributed by atoms with E-state index in [4.69, 9.17) is 23.2 Å². The van der Waals surface area contributed by atoms with E-state index in [1.54, 1.807) is 6.07 Å².